The molecule has 0 aliphatic carbocycles. The van der Waals surface area contributed by atoms with E-state index >= 15 is 0 Å². The van der Waals surface area contributed by atoms with Gasteiger partial charge in [-0.1, -0.05) is 97.9 Å². The van der Waals surface area contributed by atoms with Crippen molar-refractivity contribution < 1.29 is 19.3 Å². The van der Waals surface area contributed by atoms with Gasteiger partial charge in [0, 0.05) is 0 Å². The summed E-state index contributed by atoms with van der Waals surface area (Å²) in [4.78, 5) is 0. The van der Waals surface area contributed by atoms with Crippen LogP contribution < -0.4 is 0 Å². The van der Waals surface area contributed by atoms with E-state index in [0.29, 0.717) is 33.0 Å². The van der Waals surface area contributed by atoms with Crippen LogP contribution in [0.3, 0.4) is 0 Å². The Morgan fingerprint density at radius 3 is 1.40 bits per heavy atom. The van der Waals surface area contributed by atoms with Crippen LogP contribution in [0, 0.1) is 5.41 Å². The first-order chi connectivity index (χ1) is 14.7. The lowest BCUT2D eigenvalue weighted by Crippen LogP contribution is -2.42. The second-order valence-corrected chi connectivity index (χ2v) is 7.76. The van der Waals surface area contributed by atoms with Crippen molar-refractivity contribution in [2.75, 3.05) is 13.2 Å². The number of hydrogen-bond donors (Lipinski definition) is 1. The van der Waals surface area contributed by atoms with E-state index in [-0.39, 0.29) is 0 Å². The van der Waals surface area contributed by atoms with Gasteiger partial charge in [0.05, 0.1) is 38.4 Å². The van der Waals surface area contributed by atoms with E-state index in [0.717, 1.165) is 16.7 Å². The molecule has 3 aromatic carbocycles. The third-order valence-electron chi connectivity index (χ3n) is 4.93. The van der Waals surface area contributed by atoms with E-state index in [1.54, 1.807) is 0 Å². The van der Waals surface area contributed by atoms with Crippen molar-refractivity contribution in [2.45, 2.75) is 33.0 Å². The molecule has 4 heteroatoms. The van der Waals surface area contributed by atoms with Gasteiger partial charge in [-0.3, -0.25) is 0 Å². The highest BCUT2D eigenvalue weighted by Gasteiger charge is 2.35. The Labute approximate surface area is 179 Å². The number of aliphatic hydroxyl groups is 1. The first-order valence-corrected chi connectivity index (χ1v) is 10.2. The zero-order valence-corrected chi connectivity index (χ0v) is 17.4. The van der Waals surface area contributed by atoms with Crippen molar-refractivity contribution in [2.24, 2.45) is 5.41 Å². The van der Waals surface area contributed by atoms with Gasteiger partial charge in [0.15, 0.2) is 6.29 Å². The molecule has 0 bridgehead atoms. The second-order valence-electron chi connectivity index (χ2n) is 7.76. The smallest absolute Gasteiger partial charge is 0.164 e. The zero-order chi connectivity index (χ0) is 21.1. The fourth-order valence-corrected chi connectivity index (χ4v) is 3.09. The van der Waals surface area contributed by atoms with E-state index in [1.807, 2.05) is 97.9 Å². The highest BCUT2D eigenvalue weighted by Crippen LogP contribution is 2.26. The van der Waals surface area contributed by atoms with Crippen LogP contribution in [0.4, 0.5) is 0 Å². The normalized spacial score (nSPS) is 12.6. The van der Waals surface area contributed by atoms with Crippen LogP contribution >= 0.6 is 0 Å². The molecule has 1 unspecified atom stereocenters. The summed E-state index contributed by atoms with van der Waals surface area (Å²) >= 11 is 0. The van der Waals surface area contributed by atoms with E-state index in [9.17, 15) is 5.11 Å². The third-order valence-corrected chi connectivity index (χ3v) is 4.93. The fraction of sp³-hybridized carbons (Fsp3) is 0.308. The van der Waals surface area contributed by atoms with Gasteiger partial charge in [-0.2, -0.15) is 0 Å². The van der Waals surface area contributed by atoms with E-state index in [2.05, 4.69) is 0 Å². The lowest BCUT2D eigenvalue weighted by molar-refractivity contribution is -0.212. The molecule has 1 N–H and O–H groups in total. The summed E-state index contributed by atoms with van der Waals surface area (Å²) in [7, 11) is 0. The van der Waals surface area contributed by atoms with Gasteiger partial charge in [-0.05, 0) is 16.7 Å². The van der Waals surface area contributed by atoms with Crippen molar-refractivity contribution in [1.29, 1.82) is 0 Å². The van der Waals surface area contributed by atoms with Gasteiger partial charge in [0.1, 0.15) is 0 Å². The predicted molar refractivity (Wildman–Crippen MR) is 118 cm³/mol. The Bertz CT molecular complexity index is 791. The lowest BCUT2D eigenvalue weighted by Gasteiger charge is -2.33. The highest BCUT2D eigenvalue weighted by molar-refractivity contribution is 5.15. The molecule has 30 heavy (non-hydrogen) atoms. The Kier molecular flexibility index (Phi) is 8.60. The van der Waals surface area contributed by atoms with Gasteiger partial charge in [0.2, 0.25) is 0 Å². The molecule has 4 nitrogen and oxygen atoms in total. The average molecular weight is 407 g/mol. The molecule has 0 heterocycles. The molecular formula is C26H30O4. The zero-order valence-electron chi connectivity index (χ0n) is 17.4. The minimum absolute atomic E-state index is 0.312. The standard InChI is InChI=1S/C26H30O4/c1-26(20-28-17-22-11-5-2-6-12-22,21-29-18-23-13-7-3-8-14-23)25(27)30-19-24-15-9-4-10-16-24/h2-16,25,27H,17-21H2,1H3. The molecule has 0 fully saturated rings. The van der Waals surface area contributed by atoms with Crippen molar-refractivity contribution in [3.05, 3.63) is 108 Å². The van der Waals surface area contributed by atoms with Gasteiger partial charge in [-0.25, -0.2) is 0 Å². The summed E-state index contributed by atoms with van der Waals surface area (Å²) < 4.78 is 17.7. The van der Waals surface area contributed by atoms with Crippen LogP contribution in [0.15, 0.2) is 91.0 Å². The van der Waals surface area contributed by atoms with Crippen LogP contribution in [0.2, 0.25) is 0 Å². The Hall–Kier alpha value is -2.50. The summed E-state index contributed by atoms with van der Waals surface area (Å²) in [6.45, 7) is 3.83. The van der Waals surface area contributed by atoms with Crippen molar-refractivity contribution in [3.8, 4) is 0 Å². The Balaban J connectivity index is 1.58. The molecule has 0 saturated heterocycles. The Morgan fingerprint density at radius 2 is 1.00 bits per heavy atom. The summed E-state index contributed by atoms with van der Waals surface area (Å²) in [5, 5.41) is 10.8. The van der Waals surface area contributed by atoms with Crippen molar-refractivity contribution >= 4 is 0 Å². The van der Waals surface area contributed by atoms with Crippen LogP contribution in [0.25, 0.3) is 0 Å². The first kappa shape index (κ1) is 22.2. The van der Waals surface area contributed by atoms with Gasteiger partial charge >= 0.3 is 0 Å². The molecule has 0 aromatic heterocycles. The average Bonchev–Trinajstić information content (AvgIpc) is 2.79. The van der Waals surface area contributed by atoms with Crippen LogP contribution in [-0.4, -0.2) is 24.6 Å². The Morgan fingerprint density at radius 1 is 0.633 bits per heavy atom. The minimum Gasteiger partial charge on any atom is -0.376 e. The number of aliphatic hydroxyl groups excluding tert-OH is 1. The molecule has 0 amide bonds. The topological polar surface area (TPSA) is 47.9 Å². The van der Waals surface area contributed by atoms with Crippen molar-refractivity contribution in [3.63, 3.8) is 0 Å². The molecular weight excluding hydrogens is 376 g/mol. The third kappa shape index (κ3) is 7.08. The molecule has 3 aromatic rings. The number of rotatable bonds is 12. The number of hydrogen-bond acceptors (Lipinski definition) is 4. The predicted octanol–water partition coefficient (Wildman–Crippen LogP) is 4.96. The highest BCUT2D eigenvalue weighted by atomic mass is 16.6. The van der Waals surface area contributed by atoms with Crippen molar-refractivity contribution in [1.82, 2.24) is 0 Å². The van der Waals surface area contributed by atoms with E-state index in [4.69, 9.17) is 14.2 Å². The van der Waals surface area contributed by atoms with Crippen LogP contribution in [-0.2, 0) is 34.0 Å². The maximum absolute atomic E-state index is 10.8. The number of ether oxygens (including phenoxy) is 3. The van der Waals surface area contributed by atoms with Crippen LogP contribution in [0.1, 0.15) is 23.6 Å². The van der Waals surface area contributed by atoms with E-state index in [1.165, 1.54) is 0 Å². The molecule has 3 rings (SSSR count). The van der Waals surface area contributed by atoms with E-state index < -0.39 is 11.7 Å². The van der Waals surface area contributed by atoms with Gasteiger partial charge < -0.3 is 19.3 Å². The summed E-state index contributed by atoms with van der Waals surface area (Å²) in [6, 6.07) is 29.8. The molecule has 0 spiro atoms. The van der Waals surface area contributed by atoms with Gasteiger partial charge in [0.25, 0.3) is 0 Å². The fourth-order valence-electron chi connectivity index (χ4n) is 3.09. The maximum Gasteiger partial charge on any atom is 0.164 e. The summed E-state index contributed by atoms with van der Waals surface area (Å²) in [5.41, 5.74) is 2.47. The second kappa shape index (κ2) is 11.6. The molecule has 0 saturated carbocycles. The van der Waals surface area contributed by atoms with Gasteiger partial charge in [-0.15, -0.1) is 0 Å². The summed E-state index contributed by atoms with van der Waals surface area (Å²) in [5.74, 6) is 0. The largest absolute Gasteiger partial charge is 0.376 e. The molecule has 0 aliphatic heterocycles. The maximum atomic E-state index is 10.8. The minimum atomic E-state index is -1.02. The first-order valence-electron chi connectivity index (χ1n) is 10.2. The quantitative estimate of drug-likeness (QED) is 0.432. The SMILES string of the molecule is CC(COCc1ccccc1)(COCc1ccccc1)C(O)OCc1ccccc1. The molecule has 0 aliphatic rings. The van der Waals surface area contributed by atoms with Crippen LogP contribution in [0.5, 0.6) is 0 Å². The molecule has 158 valence electrons. The lowest BCUT2D eigenvalue weighted by atomic mass is 9.92. The monoisotopic (exact) mass is 406 g/mol. The molecule has 1 atom stereocenters. The number of benzene rings is 3. The molecule has 0 radical (unpaired) electrons. The summed E-state index contributed by atoms with van der Waals surface area (Å²) in [6.07, 6.45) is -1.02.